The van der Waals surface area contributed by atoms with Gasteiger partial charge in [-0.05, 0) is 12.5 Å². The summed E-state index contributed by atoms with van der Waals surface area (Å²) in [5, 5.41) is 7.23. The molecule has 0 aromatic carbocycles. The molecule has 0 aliphatic rings. The first-order chi connectivity index (χ1) is 8.74. The Balaban J connectivity index is 2.19. The minimum absolute atomic E-state index is 0.113. The summed E-state index contributed by atoms with van der Waals surface area (Å²) in [4.78, 5) is 7.87. The molecule has 0 atom stereocenters. The molecule has 1 aromatic heterocycles. The Kier molecular flexibility index (Phi) is 6.67. The van der Waals surface area contributed by atoms with Crippen LogP contribution >= 0.6 is 0 Å². The van der Waals surface area contributed by atoms with Crippen LogP contribution in [0.15, 0.2) is 12.3 Å². The second-order valence-electron chi connectivity index (χ2n) is 3.45. The summed E-state index contributed by atoms with van der Waals surface area (Å²) in [7, 11) is 1.66. The third kappa shape index (κ3) is 5.55. The average Bonchev–Trinajstić information content (AvgIpc) is 2.38. The summed E-state index contributed by atoms with van der Waals surface area (Å²) in [6.07, 6.45) is 2.35. The fourth-order valence-corrected chi connectivity index (χ4v) is 1.16. The second kappa shape index (κ2) is 8.37. The number of methoxy groups -OCH3 is 1. The highest BCUT2D eigenvalue weighted by Crippen LogP contribution is 2.02. The topological polar surface area (TPSA) is 103 Å². The molecule has 0 spiro atoms. The predicted octanol–water partition coefficient (Wildman–Crippen LogP) is 0.193. The molecule has 0 amide bonds. The lowest BCUT2D eigenvalue weighted by molar-refractivity contribution is 0.0783. The van der Waals surface area contributed by atoms with E-state index in [9.17, 15) is 0 Å². The predicted molar refractivity (Wildman–Crippen MR) is 65.9 cm³/mol. The molecule has 0 bridgehead atoms. The third-order valence-electron chi connectivity index (χ3n) is 2.01. The van der Waals surface area contributed by atoms with Gasteiger partial charge in [-0.15, -0.1) is 0 Å². The van der Waals surface area contributed by atoms with Gasteiger partial charge in [0.25, 0.3) is 0 Å². The van der Waals surface area contributed by atoms with E-state index in [0.29, 0.717) is 32.1 Å². The number of nitrogens with one attached hydrogen (secondary N) is 1. The van der Waals surface area contributed by atoms with Gasteiger partial charge in [0.05, 0.1) is 6.61 Å². The summed E-state index contributed by atoms with van der Waals surface area (Å²) in [6, 6.07) is 1.75. The molecule has 1 rings (SSSR count). The van der Waals surface area contributed by atoms with Gasteiger partial charge >= 0.3 is 6.01 Å². The number of nitrogen functional groups attached to an aromatic ring is 1. The maximum atomic E-state index is 7.23. The standard InChI is InChI=1S/C11H18N4O3/c1-16-5-2-6-17-7-8-18-11-14-4-3-9(15-11)10(12)13/h3-4H,2,5-8H2,1H3,(H3,12,13). The van der Waals surface area contributed by atoms with E-state index in [2.05, 4.69) is 9.97 Å². The van der Waals surface area contributed by atoms with Gasteiger partial charge in [-0.2, -0.15) is 4.98 Å². The fraction of sp³-hybridized carbons (Fsp3) is 0.545. The summed E-state index contributed by atoms with van der Waals surface area (Å²) < 4.78 is 15.5. The first kappa shape index (κ1) is 14.3. The van der Waals surface area contributed by atoms with Crippen molar-refractivity contribution in [3.8, 4) is 6.01 Å². The first-order valence-corrected chi connectivity index (χ1v) is 5.61. The van der Waals surface area contributed by atoms with Crippen molar-refractivity contribution < 1.29 is 14.2 Å². The SMILES string of the molecule is COCCCOCCOc1nccc(C(=N)N)n1. The molecule has 0 saturated carbocycles. The van der Waals surface area contributed by atoms with Gasteiger partial charge in [0.1, 0.15) is 18.1 Å². The highest BCUT2D eigenvalue weighted by molar-refractivity contribution is 5.92. The fourth-order valence-electron chi connectivity index (χ4n) is 1.16. The van der Waals surface area contributed by atoms with Gasteiger partial charge < -0.3 is 19.9 Å². The molecular formula is C11H18N4O3. The summed E-state index contributed by atoms with van der Waals surface area (Å²) in [5.74, 6) is -0.113. The largest absolute Gasteiger partial charge is 0.461 e. The molecule has 0 unspecified atom stereocenters. The zero-order chi connectivity index (χ0) is 13.2. The molecule has 100 valence electrons. The molecule has 0 saturated heterocycles. The average molecular weight is 254 g/mol. The molecule has 0 radical (unpaired) electrons. The minimum atomic E-state index is -0.113. The van der Waals surface area contributed by atoms with Crippen LogP contribution in [0.25, 0.3) is 0 Å². The normalized spacial score (nSPS) is 10.3. The van der Waals surface area contributed by atoms with Crippen LogP contribution in [-0.2, 0) is 9.47 Å². The molecule has 0 aliphatic heterocycles. The van der Waals surface area contributed by atoms with Crippen molar-refractivity contribution in [3.63, 3.8) is 0 Å². The van der Waals surface area contributed by atoms with Crippen molar-refractivity contribution in [1.29, 1.82) is 5.41 Å². The Labute approximate surface area is 106 Å². The van der Waals surface area contributed by atoms with Crippen molar-refractivity contribution in [2.45, 2.75) is 6.42 Å². The second-order valence-corrected chi connectivity index (χ2v) is 3.45. The van der Waals surface area contributed by atoms with Crippen molar-refractivity contribution in [1.82, 2.24) is 9.97 Å². The molecule has 1 heterocycles. The Morgan fingerprint density at radius 1 is 1.33 bits per heavy atom. The maximum absolute atomic E-state index is 7.23. The number of aromatic nitrogens is 2. The zero-order valence-corrected chi connectivity index (χ0v) is 10.4. The zero-order valence-electron chi connectivity index (χ0n) is 10.4. The van der Waals surface area contributed by atoms with E-state index in [0.717, 1.165) is 6.42 Å². The number of amidine groups is 1. The van der Waals surface area contributed by atoms with Crippen molar-refractivity contribution >= 4 is 5.84 Å². The maximum Gasteiger partial charge on any atom is 0.317 e. The molecule has 1 aromatic rings. The highest BCUT2D eigenvalue weighted by atomic mass is 16.5. The quantitative estimate of drug-likeness (QED) is 0.370. The molecule has 7 heteroatoms. The van der Waals surface area contributed by atoms with E-state index in [1.807, 2.05) is 0 Å². The van der Waals surface area contributed by atoms with Gasteiger partial charge in [-0.25, -0.2) is 4.98 Å². The van der Waals surface area contributed by atoms with Gasteiger partial charge in [0, 0.05) is 26.5 Å². The number of nitrogens with two attached hydrogens (primary N) is 1. The van der Waals surface area contributed by atoms with Crippen molar-refractivity contribution in [2.75, 3.05) is 33.5 Å². The first-order valence-electron chi connectivity index (χ1n) is 5.61. The van der Waals surface area contributed by atoms with E-state index >= 15 is 0 Å². The van der Waals surface area contributed by atoms with Crippen LogP contribution in [0.5, 0.6) is 6.01 Å². The molecule has 7 nitrogen and oxygen atoms in total. The minimum Gasteiger partial charge on any atom is -0.461 e. The molecular weight excluding hydrogens is 236 g/mol. The smallest absolute Gasteiger partial charge is 0.317 e. The molecule has 18 heavy (non-hydrogen) atoms. The number of hydrogen-bond acceptors (Lipinski definition) is 6. The van der Waals surface area contributed by atoms with Crippen LogP contribution in [-0.4, -0.2) is 49.3 Å². The molecule has 0 fully saturated rings. The Morgan fingerprint density at radius 3 is 2.89 bits per heavy atom. The van der Waals surface area contributed by atoms with Gasteiger partial charge in [0.15, 0.2) is 0 Å². The lowest BCUT2D eigenvalue weighted by Crippen LogP contribution is -2.15. The van der Waals surface area contributed by atoms with Crippen molar-refractivity contribution in [2.24, 2.45) is 5.73 Å². The number of ether oxygens (including phenoxy) is 3. The lowest BCUT2D eigenvalue weighted by Gasteiger charge is -2.06. The summed E-state index contributed by atoms with van der Waals surface area (Å²) in [6.45, 7) is 2.13. The van der Waals surface area contributed by atoms with Crippen LogP contribution in [0.3, 0.4) is 0 Å². The molecule has 3 N–H and O–H groups in total. The van der Waals surface area contributed by atoms with Crippen LogP contribution in [0.2, 0.25) is 0 Å². The van der Waals surface area contributed by atoms with E-state index < -0.39 is 0 Å². The van der Waals surface area contributed by atoms with Crippen molar-refractivity contribution in [3.05, 3.63) is 18.0 Å². The van der Waals surface area contributed by atoms with Gasteiger partial charge in [-0.1, -0.05) is 0 Å². The Bertz CT molecular complexity index is 373. The lowest BCUT2D eigenvalue weighted by atomic mass is 10.4. The Hall–Kier alpha value is -1.73. The summed E-state index contributed by atoms with van der Waals surface area (Å²) >= 11 is 0. The van der Waals surface area contributed by atoms with E-state index in [-0.39, 0.29) is 11.8 Å². The number of hydrogen-bond donors (Lipinski definition) is 2. The van der Waals surface area contributed by atoms with Crippen LogP contribution in [0, 0.1) is 5.41 Å². The van der Waals surface area contributed by atoms with Gasteiger partial charge in [0.2, 0.25) is 0 Å². The number of nitrogens with zero attached hydrogens (tertiary/aromatic N) is 2. The van der Waals surface area contributed by atoms with E-state index in [1.54, 1.807) is 13.2 Å². The molecule has 0 aliphatic carbocycles. The van der Waals surface area contributed by atoms with E-state index in [1.165, 1.54) is 6.20 Å². The monoisotopic (exact) mass is 254 g/mol. The Morgan fingerprint density at radius 2 is 2.17 bits per heavy atom. The summed E-state index contributed by atoms with van der Waals surface area (Å²) in [5.41, 5.74) is 5.65. The van der Waals surface area contributed by atoms with Crippen LogP contribution in [0.4, 0.5) is 0 Å². The highest BCUT2D eigenvalue weighted by Gasteiger charge is 2.02. The van der Waals surface area contributed by atoms with Crippen LogP contribution in [0.1, 0.15) is 12.1 Å². The van der Waals surface area contributed by atoms with E-state index in [4.69, 9.17) is 25.4 Å². The van der Waals surface area contributed by atoms with Gasteiger partial charge in [-0.3, -0.25) is 5.41 Å². The third-order valence-corrected chi connectivity index (χ3v) is 2.01. The number of rotatable bonds is 9. The van der Waals surface area contributed by atoms with Crippen LogP contribution < -0.4 is 10.5 Å².